The van der Waals surface area contributed by atoms with Crippen LogP contribution in [0.3, 0.4) is 0 Å². The van der Waals surface area contributed by atoms with Crippen molar-refractivity contribution in [2.24, 2.45) is 0 Å². The van der Waals surface area contributed by atoms with Gasteiger partial charge in [-0.25, -0.2) is 4.98 Å². The molecular weight excluding hydrogens is 279 g/mol. The Labute approximate surface area is 115 Å². The van der Waals surface area contributed by atoms with E-state index in [1.807, 2.05) is 0 Å². The van der Waals surface area contributed by atoms with Crippen LogP contribution in [0.15, 0.2) is 12.3 Å². The van der Waals surface area contributed by atoms with E-state index >= 15 is 0 Å². The highest BCUT2D eigenvalue weighted by atomic mass is 35.5. The first-order valence-corrected chi connectivity index (χ1v) is 6.09. The van der Waals surface area contributed by atoms with Crippen LogP contribution in [0.4, 0.5) is 0 Å². The number of hydrogen-bond acceptors (Lipinski definition) is 4. The van der Waals surface area contributed by atoms with Gasteiger partial charge in [-0.1, -0.05) is 23.2 Å². The summed E-state index contributed by atoms with van der Waals surface area (Å²) in [5, 5.41) is 22.5. The molecule has 2 atom stereocenters. The van der Waals surface area contributed by atoms with Crippen LogP contribution in [0.5, 0.6) is 0 Å². The third-order valence-electron chi connectivity index (χ3n) is 2.34. The quantitative estimate of drug-likeness (QED) is 0.715. The van der Waals surface area contributed by atoms with Gasteiger partial charge in [-0.2, -0.15) is 0 Å². The topological polar surface area (TPSA) is 82.5 Å². The van der Waals surface area contributed by atoms with Crippen molar-refractivity contribution in [1.82, 2.24) is 10.3 Å². The first-order valence-electron chi connectivity index (χ1n) is 5.33. The lowest BCUT2D eigenvalue weighted by Crippen LogP contribution is -2.27. The van der Waals surface area contributed by atoms with Crippen LogP contribution in [-0.4, -0.2) is 33.8 Å². The third-order valence-corrected chi connectivity index (χ3v) is 3.02. The smallest absolute Gasteiger partial charge is 0.216 e. The number of aliphatic hydroxyl groups excluding tert-OH is 2. The SMILES string of the molecule is CC(=O)NCCC(O)C(O)c1cnc(Cl)c(Cl)c1. The summed E-state index contributed by atoms with van der Waals surface area (Å²) in [7, 11) is 0. The fourth-order valence-electron chi connectivity index (χ4n) is 1.37. The normalized spacial score (nSPS) is 14.1. The first-order chi connectivity index (χ1) is 8.41. The highest BCUT2D eigenvalue weighted by Crippen LogP contribution is 2.25. The van der Waals surface area contributed by atoms with E-state index in [-0.39, 0.29) is 29.0 Å². The van der Waals surface area contributed by atoms with Crippen LogP contribution < -0.4 is 5.32 Å². The minimum absolute atomic E-state index is 0.139. The molecule has 0 radical (unpaired) electrons. The van der Waals surface area contributed by atoms with E-state index in [9.17, 15) is 15.0 Å². The lowest BCUT2D eigenvalue weighted by Gasteiger charge is -2.18. The molecule has 0 aliphatic heterocycles. The van der Waals surface area contributed by atoms with Gasteiger partial charge in [0.25, 0.3) is 0 Å². The second kappa shape index (κ2) is 6.89. The minimum atomic E-state index is -1.12. The fraction of sp³-hybridized carbons (Fsp3) is 0.455. The Kier molecular flexibility index (Phi) is 5.81. The van der Waals surface area contributed by atoms with Crippen molar-refractivity contribution in [2.45, 2.75) is 25.6 Å². The maximum absolute atomic E-state index is 10.6. The number of carbonyl (C=O) groups excluding carboxylic acids is 1. The molecule has 18 heavy (non-hydrogen) atoms. The van der Waals surface area contributed by atoms with Gasteiger partial charge in [-0.15, -0.1) is 0 Å². The molecule has 0 spiro atoms. The Morgan fingerprint density at radius 3 is 2.72 bits per heavy atom. The van der Waals surface area contributed by atoms with E-state index in [1.165, 1.54) is 19.2 Å². The van der Waals surface area contributed by atoms with Crippen LogP contribution >= 0.6 is 23.2 Å². The number of carbonyl (C=O) groups is 1. The molecule has 0 aliphatic carbocycles. The molecule has 3 N–H and O–H groups in total. The van der Waals surface area contributed by atoms with E-state index in [4.69, 9.17) is 23.2 Å². The number of pyridine rings is 1. The maximum atomic E-state index is 10.6. The van der Waals surface area contributed by atoms with Crippen LogP contribution in [0, 0.1) is 0 Å². The molecule has 0 aliphatic rings. The molecule has 1 aromatic heterocycles. The van der Waals surface area contributed by atoms with Crippen LogP contribution in [0.25, 0.3) is 0 Å². The van der Waals surface area contributed by atoms with Gasteiger partial charge in [0.15, 0.2) is 0 Å². The molecule has 0 aromatic carbocycles. The largest absolute Gasteiger partial charge is 0.390 e. The van der Waals surface area contributed by atoms with Crippen molar-refractivity contribution in [3.8, 4) is 0 Å². The molecule has 0 saturated heterocycles. The zero-order chi connectivity index (χ0) is 13.7. The van der Waals surface area contributed by atoms with E-state index in [0.717, 1.165) is 0 Å². The molecule has 0 bridgehead atoms. The molecule has 1 aromatic rings. The number of aliphatic hydroxyl groups is 2. The summed E-state index contributed by atoms with van der Waals surface area (Å²) in [5.41, 5.74) is 0.375. The van der Waals surface area contributed by atoms with Crippen LogP contribution in [0.2, 0.25) is 10.2 Å². The number of rotatable bonds is 5. The number of hydrogen-bond donors (Lipinski definition) is 3. The zero-order valence-electron chi connectivity index (χ0n) is 9.73. The number of halogens is 2. The standard InChI is InChI=1S/C11H14Cl2N2O3/c1-6(16)14-3-2-9(17)10(18)7-4-8(12)11(13)15-5-7/h4-5,9-10,17-18H,2-3H2,1H3,(H,14,16). The van der Waals surface area contributed by atoms with Crippen molar-refractivity contribution in [2.75, 3.05) is 6.54 Å². The monoisotopic (exact) mass is 292 g/mol. The Morgan fingerprint density at radius 1 is 1.50 bits per heavy atom. The van der Waals surface area contributed by atoms with Crippen molar-refractivity contribution in [3.63, 3.8) is 0 Å². The van der Waals surface area contributed by atoms with Crippen molar-refractivity contribution >= 4 is 29.1 Å². The number of amides is 1. The van der Waals surface area contributed by atoms with E-state index < -0.39 is 12.2 Å². The van der Waals surface area contributed by atoms with Gasteiger partial charge in [0.1, 0.15) is 11.3 Å². The number of nitrogens with zero attached hydrogens (tertiary/aromatic N) is 1. The van der Waals surface area contributed by atoms with Gasteiger partial charge in [-0.3, -0.25) is 4.79 Å². The van der Waals surface area contributed by atoms with E-state index in [0.29, 0.717) is 5.56 Å². The lowest BCUT2D eigenvalue weighted by molar-refractivity contribution is -0.119. The molecule has 5 nitrogen and oxygen atoms in total. The Hall–Kier alpha value is -0.880. The molecule has 1 rings (SSSR count). The van der Waals surface area contributed by atoms with E-state index in [1.54, 1.807) is 0 Å². The summed E-state index contributed by atoms with van der Waals surface area (Å²) in [4.78, 5) is 14.4. The van der Waals surface area contributed by atoms with Gasteiger partial charge >= 0.3 is 0 Å². The second-order valence-electron chi connectivity index (χ2n) is 3.83. The number of aromatic nitrogens is 1. The summed E-state index contributed by atoms with van der Waals surface area (Å²) in [6, 6.07) is 1.45. The second-order valence-corrected chi connectivity index (χ2v) is 4.59. The van der Waals surface area contributed by atoms with Crippen molar-refractivity contribution in [1.29, 1.82) is 0 Å². The van der Waals surface area contributed by atoms with E-state index in [2.05, 4.69) is 10.3 Å². The number of nitrogens with one attached hydrogen (secondary N) is 1. The highest BCUT2D eigenvalue weighted by molar-refractivity contribution is 6.41. The molecule has 2 unspecified atom stereocenters. The first kappa shape index (κ1) is 15.2. The Balaban J connectivity index is 2.59. The van der Waals surface area contributed by atoms with Crippen molar-refractivity contribution < 1.29 is 15.0 Å². The summed E-state index contributed by atoms with van der Waals surface area (Å²) in [6.45, 7) is 1.66. The lowest BCUT2D eigenvalue weighted by atomic mass is 10.0. The predicted molar refractivity (Wildman–Crippen MR) is 68.5 cm³/mol. The molecule has 0 fully saturated rings. The van der Waals surface area contributed by atoms with Crippen LogP contribution in [0.1, 0.15) is 25.0 Å². The molecular formula is C11H14Cl2N2O3. The van der Waals surface area contributed by atoms with Gasteiger partial charge in [-0.05, 0) is 12.5 Å². The fourth-order valence-corrected chi connectivity index (χ4v) is 1.65. The van der Waals surface area contributed by atoms with Crippen molar-refractivity contribution in [3.05, 3.63) is 28.0 Å². The van der Waals surface area contributed by atoms with Gasteiger partial charge in [0.2, 0.25) is 5.91 Å². The molecule has 100 valence electrons. The average molecular weight is 293 g/mol. The summed E-state index contributed by atoms with van der Waals surface area (Å²) >= 11 is 11.4. The Bertz CT molecular complexity index is 429. The predicted octanol–water partition coefficient (Wildman–Crippen LogP) is 1.31. The third kappa shape index (κ3) is 4.42. The Morgan fingerprint density at radius 2 is 2.17 bits per heavy atom. The molecule has 1 amide bonds. The molecule has 0 saturated carbocycles. The summed E-state index contributed by atoms with van der Waals surface area (Å²) < 4.78 is 0. The summed E-state index contributed by atoms with van der Waals surface area (Å²) in [6.07, 6.45) is -0.571. The van der Waals surface area contributed by atoms with Gasteiger partial charge < -0.3 is 15.5 Å². The van der Waals surface area contributed by atoms with Gasteiger partial charge in [0, 0.05) is 25.2 Å². The van der Waals surface area contributed by atoms with Gasteiger partial charge in [0.05, 0.1) is 11.1 Å². The zero-order valence-corrected chi connectivity index (χ0v) is 11.2. The molecule has 7 heteroatoms. The molecule has 1 heterocycles. The summed E-state index contributed by atoms with van der Waals surface area (Å²) in [5.74, 6) is -0.187. The highest BCUT2D eigenvalue weighted by Gasteiger charge is 2.19. The minimum Gasteiger partial charge on any atom is -0.390 e. The average Bonchev–Trinajstić information content (AvgIpc) is 2.31. The maximum Gasteiger partial charge on any atom is 0.216 e. The van der Waals surface area contributed by atoms with Crippen LogP contribution in [-0.2, 0) is 4.79 Å².